The predicted molar refractivity (Wildman–Crippen MR) is 62.5 cm³/mol. The smallest absolute Gasteiger partial charge is 0.123 e. The molecule has 0 fully saturated rings. The molecule has 3 rings (SSSR count). The highest BCUT2D eigenvalue weighted by Crippen LogP contribution is 2.30. The predicted octanol–water partition coefficient (Wildman–Crippen LogP) is 3.47. The summed E-state index contributed by atoms with van der Waals surface area (Å²) in [4.78, 5) is 0. The van der Waals surface area contributed by atoms with Crippen LogP contribution in [0.2, 0.25) is 0 Å². The van der Waals surface area contributed by atoms with Crippen LogP contribution in [0, 0.1) is 6.92 Å². The van der Waals surface area contributed by atoms with Gasteiger partial charge in [0.2, 0.25) is 0 Å². The van der Waals surface area contributed by atoms with Crippen molar-refractivity contribution in [2.24, 2.45) is 0 Å². The zero-order valence-corrected chi connectivity index (χ0v) is 8.92. The Kier molecular flexibility index (Phi) is 1.91. The van der Waals surface area contributed by atoms with Gasteiger partial charge in [0.1, 0.15) is 5.75 Å². The Morgan fingerprint density at radius 1 is 1.07 bits per heavy atom. The fourth-order valence-corrected chi connectivity index (χ4v) is 2.22. The summed E-state index contributed by atoms with van der Waals surface area (Å²) < 4.78 is 5.66. The van der Waals surface area contributed by atoms with E-state index in [9.17, 15) is 0 Å². The van der Waals surface area contributed by atoms with Crippen molar-refractivity contribution in [3.8, 4) is 5.75 Å². The Bertz CT molecular complexity index is 514. The lowest BCUT2D eigenvalue weighted by atomic mass is 10.00. The molecule has 0 atom stereocenters. The van der Waals surface area contributed by atoms with E-state index in [4.69, 9.17) is 4.74 Å². The van der Waals surface area contributed by atoms with Crippen LogP contribution < -0.4 is 4.74 Å². The van der Waals surface area contributed by atoms with Crippen molar-refractivity contribution in [1.29, 1.82) is 0 Å². The molecule has 0 aliphatic carbocycles. The summed E-state index contributed by atoms with van der Waals surface area (Å²) in [5.74, 6) is 1.08. The van der Waals surface area contributed by atoms with Gasteiger partial charge in [-0.2, -0.15) is 0 Å². The first-order chi connectivity index (χ1) is 7.33. The molecule has 2 aromatic rings. The number of ether oxygens (including phenoxy) is 1. The van der Waals surface area contributed by atoms with E-state index in [2.05, 4.69) is 37.3 Å². The standard InChI is InChI=1S/C14H14O/c1-10-4-5-11-9-14-12(3-2-6-15-14)8-13(11)7-10/h4-5,7-9H,2-3,6H2,1H3. The minimum Gasteiger partial charge on any atom is -0.493 e. The van der Waals surface area contributed by atoms with Gasteiger partial charge in [-0.3, -0.25) is 0 Å². The third-order valence-electron chi connectivity index (χ3n) is 3.02. The zero-order valence-electron chi connectivity index (χ0n) is 8.92. The van der Waals surface area contributed by atoms with Crippen LogP contribution in [-0.2, 0) is 6.42 Å². The molecule has 1 nitrogen and oxygen atoms in total. The van der Waals surface area contributed by atoms with Gasteiger partial charge in [0, 0.05) is 0 Å². The molecule has 0 N–H and O–H groups in total. The number of hydrogen-bond acceptors (Lipinski definition) is 1. The van der Waals surface area contributed by atoms with Gasteiger partial charge < -0.3 is 4.74 Å². The Labute approximate surface area is 89.7 Å². The third kappa shape index (κ3) is 1.48. The third-order valence-corrected chi connectivity index (χ3v) is 3.02. The highest BCUT2D eigenvalue weighted by Gasteiger charge is 2.10. The molecule has 1 aliphatic heterocycles. The van der Waals surface area contributed by atoms with Crippen LogP contribution in [-0.4, -0.2) is 6.61 Å². The molecule has 0 saturated heterocycles. The Balaban J connectivity index is 2.26. The van der Waals surface area contributed by atoms with Crippen molar-refractivity contribution in [1.82, 2.24) is 0 Å². The number of fused-ring (bicyclic) bond motifs is 2. The Morgan fingerprint density at radius 2 is 2.00 bits per heavy atom. The van der Waals surface area contributed by atoms with Crippen molar-refractivity contribution in [3.05, 3.63) is 41.5 Å². The second kappa shape index (κ2) is 3.27. The Hall–Kier alpha value is -1.50. The summed E-state index contributed by atoms with van der Waals surface area (Å²) in [6.45, 7) is 3.00. The number of rotatable bonds is 0. The largest absolute Gasteiger partial charge is 0.493 e. The molecule has 2 aromatic carbocycles. The molecule has 0 radical (unpaired) electrons. The van der Waals surface area contributed by atoms with E-state index in [0.717, 1.165) is 25.2 Å². The highest BCUT2D eigenvalue weighted by molar-refractivity contribution is 5.85. The van der Waals surface area contributed by atoms with E-state index in [1.54, 1.807) is 0 Å². The van der Waals surface area contributed by atoms with Crippen molar-refractivity contribution in [2.75, 3.05) is 6.61 Å². The minimum atomic E-state index is 0.865. The molecule has 1 aliphatic rings. The van der Waals surface area contributed by atoms with Gasteiger partial charge in [0.15, 0.2) is 0 Å². The molecule has 0 saturated carbocycles. The van der Waals surface area contributed by atoms with Gasteiger partial charge in [-0.05, 0) is 48.2 Å². The number of hydrogen-bond donors (Lipinski definition) is 0. The summed E-state index contributed by atoms with van der Waals surface area (Å²) in [5, 5.41) is 2.61. The summed E-state index contributed by atoms with van der Waals surface area (Å²) in [6.07, 6.45) is 2.30. The number of aryl methyl sites for hydroxylation is 2. The first-order valence-electron chi connectivity index (χ1n) is 5.49. The summed E-state index contributed by atoms with van der Waals surface area (Å²) in [6, 6.07) is 11.0. The molecule has 76 valence electrons. The molecule has 0 unspecified atom stereocenters. The van der Waals surface area contributed by atoms with E-state index in [1.165, 1.54) is 21.9 Å². The first-order valence-corrected chi connectivity index (χ1v) is 5.49. The molecule has 1 heterocycles. The SMILES string of the molecule is Cc1ccc2cc3c(cc2c1)CCCO3. The second-order valence-electron chi connectivity index (χ2n) is 4.26. The zero-order chi connectivity index (χ0) is 10.3. The molecule has 0 amide bonds. The number of benzene rings is 2. The Morgan fingerprint density at radius 3 is 2.93 bits per heavy atom. The van der Waals surface area contributed by atoms with Crippen LogP contribution in [0.25, 0.3) is 10.8 Å². The van der Waals surface area contributed by atoms with E-state index in [1.807, 2.05) is 0 Å². The van der Waals surface area contributed by atoms with E-state index >= 15 is 0 Å². The fourth-order valence-electron chi connectivity index (χ4n) is 2.22. The van der Waals surface area contributed by atoms with Crippen LogP contribution in [0.1, 0.15) is 17.5 Å². The maximum atomic E-state index is 5.66. The van der Waals surface area contributed by atoms with Crippen molar-refractivity contribution in [3.63, 3.8) is 0 Å². The van der Waals surface area contributed by atoms with Crippen LogP contribution in [0.3, 0.4) is 0 Å². The molecule has 1 heteroatoms. The van der Waals surface area contributed by atoms with Gasteiger partial charge in [0.05, 0.1) is 6.61 Å². The van der Waals surface area contributed by atoms with Crippen molar-refractivity contribution >= 4 is 10.8 Å². The van der Waals surface area contributed by atoms with Crippen LogP contribution in [0.4, 0.5) is 0 Å². The van der Waals surface area contributed by atoms with Crippen LogP contribution in [0.5, 0.6) is 5.75 Å². The summed E-state index contributed by atoms with van der Waals surface area (Å²) in [5.41, 5.74) is 2.68. The monoisotopic (exact) mass is 198 g/mol. The summed E-state index contributed by atoms with van der Waals surface area (Å²) in [7, 11) is 0. The fraction of sp³-hybridized carbons (Fsp3) is 0.286. The van der Waals surface area contributed by atoms with E-state index in [-0.39, 0.29) is 0 Å². The molecule has 15 heavy (non-hydrogen) atoms. The summed E-state index contributed by atoms with van der Waals surface area (Å²) >= 11 is 0. The molecule has 0 aromatic heterocycles. The lowest BCUT2D eigenvalue weighted by molar-refractivity contribution is 0.289. The molecule has 0 spiro atoms. The van der Waals surface area contributed by atoms with Gasteiger partial charge in [-0.15, -0.1) is 0 Å². The normalized spacial score (nSPS) is 14.7. The molecular formula is C14H14O. The minimum absolute atomic E-state index is 0.865. The lowest BCUT2D eigenvalue weighted by Crippen LogP contribution is -2.07. The van der Waals surface area contributed by atoms with E-state index < -0.39 is 0 Å². The first kappa shape index (κ1) is 8.78. The topological polar surface area (TPSA) is 9.23 Å². The highest BCUT2D eigenvalue weighted by atomic mass is 16.5. The molecule has 0 bridgehead atoms. The maximum absolute atomic E-state index is 5.66. The maximum Gasteiger partial charge on any atom is 0.123 e. The average molecular weight is 198 g/mol. The van der Waals surface area contributed by atoms with Crippen LogP contribution in [0.15, 0.2) is 30.3 Å². The van der Waals surface area contributed by atoms with Gasteiger partial charge in [-0.1, -0.05) is 23.8 Å². The lowest BCUT2D eigenvalue weighted by Gasteiger charge is -2.17. The average Bonchev–Trinajstić information content (AvgIpc) is 2.26. The van der Waals surface area contributed by atoms with E-state index in [0.29, 0.717) is 0 Å². The van der Waals surface area contributed by atoms with Crippen molar-refractivity contribution in [2.45, 2.75) is 19.8 Å². The quantitative estimate of drug-likeness (QED) is 0.629. The van der Waals surface area contributed by atoms with Gasteiger partial charge >= 0.3 is 0 Å². The second-order valence-corrected chi connectivity index (χ2v) is 4.26. The van der Waals surface area contributed by atoms with Crippen molar-refractivity contribution < 1.29 is 4.74 Å². The van der Waals surface area contributed by atoms with Crippen LogP contribution >= 0.6 is 0 Å². The van der Waals surface area contributed by atoms with Gasteiger partial charge in [0.25, 0.3) is 0 Å². The molecular weight excluding hydrogens is 184 g/mol. The van der Waals surface area contributed by atoms with Gasteiger partial charge in [-0.25, -0.2) is 0 Å².